The van der Waals surface area contributed by atoms with E-state index in [0.717, 1.165) is 34.9 Å². The number of aliphatic hydroxyl groups is 1. The van der Waals surface area contributed by atoms with Crippen molar-refractivity contribution in [3.8, 4) is 11.1 Å². The number of benzene rings is 3. The first-order chi connectivity index (χ1) is 16.9. The van der Waals surface area contributed by atoms with Crippen molar-refractivity contribution in [3.05, 3.63) is 89.7 Å². The summed E-state index contributed by atoms with van der Waals surface area (Å²) in [7, 11) is 0. The highest BCUT2D eigenvalue weighted by atomic mass is 19.1. The molecule has 6 nitrogen and oxygen atoms in total. The molecule has 2 saturated heterocycles. The van der Waals surface area contributed by atoms with Gasteiger partial charge in [-0.1, -0.05) is 36.4 Å². The number of hydrogen-bond donors (Lipinski definition) is 2. The maximum atomic E-state index is 14.0. The number of urea groups is 1. The molecule has 5 rings (SSSR count). The van der Waals surface area contributed by atoms with Crippen LogP contribution in [0.4, 0.5) is 23.7 Å². The van der Waals surface area contributed by atoms with Gasteiger partial charge in [0.25, 0.3) is 0 Å². The van der Waals surface area contributed by atoms with E-state index in [2.05, 4.69) is 5.32 Å². The molecule has 3 aromatic carbocycles. The van der Waals surface area contributed by atoms with Gasteiger partial charge < -0.3 is 20.2 Å². The van der Waals surface area contributed by atoms with E-state index in [1.165, 1.54) is 17.0 Å². The summed E-state index contributed by atoms with van der Waals surface area (Å²) >= 11 is 0. The maximum absolute atomic E-state index is 14.0. The topological polar surface area (TPSA) is 72.9 Å². The van der Waals surface area contributed by atoms with Gasteiger partial charge in [0, 0.05) is 18.5 Å². The molecule has 3 aromatic rings. The molecule has 2 N–H and O–H groups in total. The first-order valence-electron chi connectivity index (χ1n) is 11.1. The predicted molar refractivity (Wildman–Crippen MR) is 123 cm³/mol. The highest BCUT2D eigenvalue weighted by Gasteiger charge is 2.54. The lowest BCUT2D eigenvalue weighted by Gasteiger charge is -2.58. The van der Waals surface area contributed by atoms with Crippen LogP contribution in [-0.2, 0) is 4.79 Å². The summed E-state index contributed by atoms with van der Waals surface area (Å²) in [5.41, 5.74) is 2.11. The molecule has 2 fully saturated rings. The zero-order valence-electron chi connectivity index (χ0n) is 18.5. The molecule has 2 aliphatic heterocycles. The highest BCUT2D eigenvalue weighted by molar-refractivity contribution is 5.94. The Morgan fingerprint density at radius 2 is 1.71 bits per heavy atom. The summed E-state index contributed by atoms with van der Waals surface area (Å²) in [6, 6.07) is 14.9. The van der Waals surface area contributed by atoms with Crippen molar-refractivity contribution in [2.45, 2.75) is 18.0 Å². The van der Waals surface area contributed by atoms with E-state index in [9.17, 15) is 27.9 Å². The third-order valence-electron chi connectivity index (χ3n) is 6.66. The summed E-state index contributed by atoms with van der Waals surface area (Å²) in [4.78, 5) is 28.4. The van der Waals surface area contributed by atoms with Crippen LogP contribution in [-0.4, -0.2) is 58.6 Å². The van der Waals surface area contributed by atoms with Crippen LogP contribution in [0.25, 0.3) is 11.1 Å². The summed E-state index contributed by atoms with van der Waals surface area (Å²) in [6.45, 7) is -0.304. The second kappa shape index (κ2) is 9.07. The number of carbonyl (C=O) groups is 2. The first kappa shape index (κ1) is 22.9. The molecule has 0 aliphatic carbocycles. The molecular weight excluding hydrogens is 459 g/mol. The Balaban J connectivity index is 1.35. The van der Waals surface area contributed by atoms with Gasteiger partial charge in [-0.05, 0) is 41.0 Å². The number of amides is 3. The van der Waals surface area contributed by atoms with Gasteiger partial charge in [-0.2, -0.15) is 0 Å². The third-order valence-corrected chi connectivity index (χ3v) is 6.66. The molecule has 9 heteroatoms. The number of nitrogens with one attached hydrogen (secondary N) is 1. The van der Waals surface area contributed by atoms with Crippen LogP contribution < -0.4 is 5.32 Å². The largest absolute Gasteiger partial charge is 0.394 e. The average molecular weight is 481 g/mol. The Kier molecular flexibility index (Phi) is 5.94. The second-order valence-corrected chi connectivity index (χ2v) is 8.71. The molecule has 180 valence electrons. The minimum Gasteiger partial charge on any atom is -0.394 e. The lowest BCUT2D eigenvalue weighted by Crippen LogP contribution is -2.73. The SMILES string of the molecule is O=C(Nc1cc(F)ccc1F)N1CC(=O)N2[C@H](C1)[C@@H](c1ccc(-c3cccc(F)c3)cc1)[C@@H]2CO. The number of anilines is 1. The standard InChI is InChI=1S/C26H22F3N3O3/c27-18-3-1-2-17(10-18)15-4-6-16(7-5-15)25-22-12-31(13-24(34)32(22)23(25)14-33)26(35)30-21-11-19(28)8-9-20(21)29/h1-11,22-23,25,33H,12-14H2,(H,30,35)/t22-,23+,25-/m1/s1. The van der Waals surface area contributed by atoms with Crippen molar-refractivity contribution in [2.24, 2.45) is 0 Å². The van der Waals surface area contributed by atoms with Crippen molar-refractivity contribution >= 4 is 17.6 Å². The van der Waals surface area contributed by atoms with Gasteiger partial charge in [0.2, 0.25) is 5.91 Å². The Labute approximate surface area is 199 Å². The first-order valence-corrected chi connectivity index (χ1v) is 11.1. The van der Waals surface area contributed by atoms with E-state index in [4.69, 9.17) is 0 Å². The monoisotopic (exact) mass is 481 g/mol. The lowest BCUT2D eigenvalue weighted by molar-refractivity contribution is -0.159. The molecular formula is C26H22F3N3O3. The Morgan fingerprint density at radius 1 is 0.971 bits per heavy atom. The zero-order valence-corrected chi connectivity index (χ0v) is 18.5. The van der Waals surface area contributed by atoms with Gasteiger partial charge in [-0.15, -0.1) is 0 Å². The van der Waals surface area contributed by atoms with Crippen LogP contribution in [0.3, 0.4) is 0 Å². The van der Waals surface area contributed by atoms with E-state index >= 15 is 0 Å². The quantitative estimate of drug-likeness (QED) is 0.592. The van der Waals surface area contributed by atoms with E-state index in [0.29, 0.717) is 0 Å². The van der Waals surface area contributed by atoms with E-state index in [1.807, 2.05) is 24.3 Å². The molecule has 35 heavy (non-hydrogen) atoms. The van der Waals surface area contributed by atoms with Crippen molar-refractivity contribution in [1.29, 1.82) is 0 Å². The van der Waals surface area contributed by atoms with E-state index in [-0.39, 0.29) is 49.1 Å². The molecule has 0 aromatic heterocycles. The molecule has 0 radical (unpaired) electrons. The number of rotatable bonds is 4. The van der Waals surface area contributed by atoms with Crippen molar-refractivity contribution < 1.29 is 27.9 Å². The number of piperazine rings is 1. The summed E-state index contributed by atoms with van der Waals surface area (Å²) in [6.07, 6.45) is 0. The summed E-state index contributed by atoms with van der Waals surface area (Å²) in [5.74, 6) is -2.38. The summed E-state index contributed by atoms with van der Waals surface area (Å²) < 4.78 is 41.0. The number of carbonyl (C=O) groups excluding carboxylic acids is 2. The van der Waals surface area contributed by atoms with Crippen molar-refractivity contribution in [2.75, 3.05) is 25.0 Å². The second-order valence-electron chi connectivity index (χ2n) is 8.71. The number of halogens is 3. The van der Waals surface area contributed by atoms with Gasteiger partial charge in [0.05, 0.1) is 24.4 Å². The molecule has 2 heterocycles. The summed E-state index contributed by atoms with van der Waals surface area (Å²) in [5, 5.41) is 12.3. The normalized spacial score (nSPS) is 21.4. The van der Waals surface area contributed by atoms with Crippen LogP contribution in [0.2, 0.25) is 0 Å². The van der Waals surface area contributed by atoms with Crippen LogP contribution in [0, 0.1) is 17.5 Å². The fraction of sp³-hybridized carbons (Fsp3) is 0.231. The average Bonchev–Trinajstić information content (AvgIpc) is 2.83. The minimum atomic E-state index is -0.787. The molecule has 3 atom stereocenters. The molecule has 0 unspecified atom stereocenters. The predicted octanol–water partition coefficient (Wildman–Crippen LogP) is 3.97. The van der Waals surface area contributed by atoms with Gasteiger partial charge in [-0.3, -0.25) is 4.79 Å². The molecule has 0 saturated carbocycles. The number of fused-ring (bicyclic) bond motifs is 1. The fourth-order valence-electron chi connectivity index (χ4n) is 5.01. The Hall–Kier alpha value is -3.85. The van der Waals surface area contributed by atoms with Crippen molar-refractivity contribution in [1.82, 2.24) is 9.80 Å². The van der Waals surface area contributed by atoms with Crippen LogP contribution in [0.15, 0.2) is 66.7 Å². The van der Waals surface area contributed by atoms with E-state index < -0.39 is 23.7 Å². The van der Waals surface area contributed by atoms with Crippen LogP contribution >= 0.6 is 0 Å². The number of hydrogen-bond acceptors (Lipinski definition) is 3. The number of nitrogens with zero attached hydrogens (tertiary/aromatic N) is 2. The van der Waals surface area contributed by atoms with Gasteiger partial charge in [-0.25, -0.2) is 18.0 Å². The third kappa shape index (κ3) is 4.23. The highest BCUT2D eigenvalue weighted by Crippen LogP contribution is 2.43. The molecule has 3 amide bonds. The Bertz CT molecular complexity index is 1280. The smallest absolute Gasteiger partial charge is 0.322 e. The van der Waals surface area contributed by atoms with Crippen molar-refractivity contribution in [3.63, 3.8) is 0 Å². The van der Waals surface area contributed by atoms with Gasteiger partial charge in [0.1, 0.15) is 24.0 Å². The minimum absolute atomic E-state index is 0.168. The lowest BCUT2D eigenvalue weighted by atomic mass is 9.73. The maximum Gasteiger partial charge on any atom is 0.322 e. The van der Waals surface area contributed by atoms with Crippen LogP contribution in [0.1, 0.15) is 11.5 Å². The Morgan fingerprint density at radius 3 is 2.43 bits per heavy atom. The van der Waals surface area contributed by atoms with Gasteiger partial charge in [0.15, 0.2) is 0 Å². The van der Waals surface area contributed by atoms with Crippen LogP contribution in [0.5, 0.6) is 0 Å². The fourth-order valence-corrected chi connectivity index (χ4v) is 5.01. The number of aliphatic hydroxyl groups excluding tert-OH is 1. The molecule has 0 bridgehead atoms. The molecule has 0 spiro atoms. The van der Waals surface area contributed by atoms with E-state index in [1.54, 1.807) is 17.0 Å². The van der Waals surface area contributed by atoms with Gasteiger partial charge >= 0.3 is 6.03 Å². The molecule has 2 aliphatic rings. The zero-order chi connectivity index (χ0) is 24.7.